The summed E-state index contributed by atoms with van der Waals surface area (Å²) in [4.78, 5) is 28.1. The van der Waals surface area contributed by atoms with E-state index in [0.29, 0.717) is 11.6 Å². The summed E-state index contributed by atoms with van der Waals surface area (Å²) >= 11 is 1.64. The van der Waals surface area contributed by atoms with Crippen molar-refractivity contribution in [2.75, 3.05) is 7.05 Å². The standard InChI is InChI=1S/C17H21N7OS/c1-10(15-11(2)26-12(3)20-15)24(4)17(25)19-9-14-21-16(23-22-14)13-5-7-18-8-6-13/h5-8,10H,9H2,1-4H3,(H,19,25)(H,21,22,23). The normalized spacial score (nSPS) is 12.0. The maximum absolute atomic E-state index is 12.4. The van der Waals surface area contributed by atoms with E-state index in [0.717, 1.165) is 21.1 Å². The number of rotatable bonds is 5. The van der Waals surface area contributed by atoms with Crippen LogP contribution in [-0.4, -0.2) is 43.1 Å². The Labute approximate surface area is 155 Å². The molecular formula is C17H21N7OS. The number of amides is 2. The highest BCUT2D eigenvalue weighted by Crippen LogP contribution is 2.25. The lowest BCUT2D eigenvalue weighted by Crippen LogP contribution is -2.38. The maximum Gasteiger partial charge on any atom is 0.318 e. The molecule has 1 unspecified atom stereocenters. The van der Waals surface area contributed by atoms with Crippen LogP contribution in [0.4, 0.5) is 4.79 Å². The molecule has 0 saturated heterocycles. The van der Waals surface area contributed by atoms with Gasteiger partial charge in [-0.05, 0) is 32.9 Å². The summed E-state index contributed by atoms with van der Waals surface area (Å²) in [5, 5.41) is 10.9. The number of nitrogens with one attached hydrogen (secondary N) is 2. The van der Waals surface area contributed by atoms with E-state index in [1.54, 1.807) is 35.7 Å². The smallest absolute Gasteiger partial charge is 0.318 e. The highest BCUT2D eigenvalue weighted by Gasteiger charge is 2.21. The van der Waals surface area contributed by atoms with Gasteiger partial charge < -0.3 is 10.2 Å². The molecular weight excluding hydrogens is 350 g/mol. The molecule has 1 atom stereocenters. The van der Waals surface area contributed by atoms with Crippen molar-refractivity contribution in [3.63, 3.8) is 0 Å². The molecule has 0 aliphatic carbocycles. The lowest BCUT2D eigenvalue weighted by Gasteiger charge is -2.24. The van der Waals surface area contributed by atoms with Crippen LogP contribution in [0.5, 0.6) is 0 Å². The van der Waals surface area contributed by atoms with Gasteiger partial charge in [-0.25, -0.2) is 14.8 Å². The highest BCUT2D eigenvalue weighted by atomic mass is 32.1. The molecule has 26 heavy (non-hydrogen) atoms. The number of carbonyl (C=O) groups excluding carboxylic acids is 1. The van der Waals surface area contributed by atoms with Gasteiger partial charge in [0.2, 0.25) is 0 Å². The van der Waals surface area contributed by atoms with E-state index in [4.69, 9.17) is 0 Å². The molecule has 0 fully saturated rings. The summed E-state index contributed by atoms with van der Waals surface area (Å²) in [5.41, 5.74) is 1.80. The lowest BCUT2D eigenvalue weighted by molar-refractivity contribution is 0.192. The summed E-state index contributed by atoms with van der Waals surface area (Å²) in [6.45, 7) is 6.23. The number of carbonyl (C=O) groups is 1. The van der Waals surface area contributed by atoms with Crippen LogP contribution < -0.4 is 5.32 Å². The lowest BCUT2D eigenvalue weighted by atomic mass is 10.2. The molecule has 0 aliphatic rings. The van der Waals surface area contributed by atoms with Crippen molar-refractivity contribution in [3.8, 4) is 11.4 Å². The minimum absolute atomic E-state index is 0.109. The van der Waals surface area contributed by atoms with Crippen LogP contribution in [0.3, 0.4) is 0 Å². The average molecular weight is 371 g/mol. The van der Waals surface area contributed by atoms with Crippen molar-refractivity contribution < 1.29 is 4.79 Å². The van der Waals surface area contributed by atoms with Crippen LogP contribution in [0.25, 0.3) is 11.4 Å². The van der Waals surface area contributed by atoms with Crippen molar-refractivity contribution >= 4 is 17.4 Å². The molecule has 0 aromatic carbocycles. The molecule has 2 amide bonds. The summed E-state index contributed by atoms with van der Waals surface area (Å²) in [6.07, 6.45) is 3.37. The summed E-state index contributed by atoms with van der Waals surface area (Å²) in [7, 11) is 1.76. The first-order valence-electron chi connectivity index (χ1n) is 8.22. The Morgan fingerprint density at radius 2 is 2.04 bits per heavy atom. The van der Waals surface area contributed by atoms with Gasteiger partial charge >= 0.3 is 6.03 Å². The molecule has 0 bridgehead atoms. The number of aromatic nitrogens is 5. The van der Waals surface area contributed by atoms with Crippen molar-refractivity contribution in [2.45, 2.75) is 33.4 Å². The molecule has 8 nitrogen and oxygen atoms in total. The Morgan fingerprint density at radius 1 is 1.31 bits per heavy atom. The van der Waals surface area contributed by atoms with Crippen LogP contribution in [0.1, 0.15) is 34.4 Å². The third-order valence-electron chi connectivity index (χ3n) is 4.11. The van der Waals surface area contributed by atoms with Gasteiger partial charge in [-0.2, -0.15) is 5.10 Å². The van der Waals surface area contributed by atoms with Gasteiger partial charge in [-0.3, -0.25) is 10.1 Å². The van der Waals surface area contributed by atoms with Crippen LogP contribution in [0.15, 0.2) is 24.5 Å². The average Bonchev–Trinajstić information content (AvgIpc) is 3.25. The fraction of sp³-hybridized carbons (Fsp3) is 0.353. The zero-order valence-corrected chi connectivity index (χ0v) is 16.0. The molecule has 9 heteroatoms. The number of aryl methyl sites for hydroxylation is 2. The number of urea groups is 1. The molecule has 0 saturated carbocycles. The fourth-order valence-corrected chi connectivity index (χ4v) is 3.49. The van der Waals surface area contributed by atoms with E-state index in [-0.39, 0.29) is 18.6 Å². The first-order chi connectivity index (χ1) is 12.5. The van der Waals surface area contributed by atoms with E-state index >= 15 is 0 Å². The second kappa shape index (κ2) is 7.61. The first kappa shape index (κ1) is 18.0. The topological polar surface area (TPSA) is 99.7 Å². The number of hydrogen-bond donors (Lipinski definition) is 2. The van der Waals surface area contributed by atoms with Gasteiger partial charge in [0.05, 0.1) is 23.3 Å². The third kappa shape index (κ3) is 3.88. The number of hydrogen-bond acceptors (Lipinski definition) is 6. The second-order valence-electron chi connectivity index (χ2n) is 5.96. The molecule has 3 heterocycles. The fourth-order valence-electron chi connectivity index (χ4n) is 2.58. The molecule has 136 valence electrons. The number of pyridine rings is 1. The molecule has 2 N–H and O–H groups in total. The van der Waals surface area contributed by atoms with E-state index in [2.05, 4.69) is 30.5 Å². The highest BCUT2D eigenvalue weighted by molar-refractivity contribution is 7.11. The Hall–Kier alpha value is -2.81. The Balaban J connectivity index is 1.60. The maximum atomic E-state index is 12.4. The van der Waals surface area contributed by atoms with Crippen molar-refractivity contribution in [3.05, 3.63) is 45.9 Å². The van der Waals surface area contributed by atoms with Crippen LogP contribution in [0.2, 0.25) is 0 Å². The SMILES string of the molecule is Cc1nc(C(C)N(C)C(=O)NCc2nc(-c3ccncc3)n[nH]2)c(C)s1. The second-order valence-corrected chi connectivity index (χ2v) is 7.37. The number of nitrogens with zero attached hydrogens (tertiary/aromatic N) is 5. The van der Waals surface area contributed by atoms with E-state index in [1.165, 1.54) is 0 Å². The van der Waals surface area contributed by atoms with Gasteiger partial charge in [-0.1, -0.05) is 0 Å². The molecule has 3 aromatic heterocycles. The van der Waals surface area contributed by atoms with Crippen molar-refractivity contribution in [1.29, 1.82) is 0 Å². The van der Waals surface area contributed by atoms with Gasteiger partial charge in [0.1, 0.15) is 5.82 Å². The van der Waals surface area contributed by atoms with E-state index < -0.39 is 0 Å². The van der Waals surface area contributed by atoms with Crippen LogP contribution in [-0.2, 0) is 6.54 Å². The van der Waals surface area contributed by atoms with Crippen molar-refractivity contribution in [1.82, 2.24) is 35.4 Å². The quantitative estimate of drug-likeness (QED) is 0.718. The number of H-pyrrole nitrogens is 1. The molecule has 3 aromatic rings. The summed E-state index contributed by atoms with van der Waals surface area (Å²) in [6, 6.07) is 3.37. The molecule has 0 aliphatic heterocycles. The monoisotopic (exact) mass is 371 g/mol. The molecule has 3 rings (SSSR count). The Kier molecular flexibility index (Phi) is 5.27. The van der Waals surface area contributed by atoms with E-state index in [9.17, 15) is 4.79 Å². The summed E-state index contributed by atoms with van der Waals surface area (Å²) in [5.74, 6) is 1.17. The largest absolute Gasteiger partial charge is 0.331 e. The minimum atomic E-state index is -0.190. The van der Waals surface area contributed by atoms with Crippen molar-refractivity contribution in [2.24, 2.45) is 0 Å². The molecule has 0 spiro atoms. The van der Waals surface area contributed by atoms with Crippen LogP contribution in [0, 0.1) is 13.8 Å². The van der Waals surface area contributed by atoms with Gasteiger partial charge in [0.15, 0.2) is 5.82 Å². The zero-order chi connectivity index (χ0) is 18.7. The van der Waals surface area contributed by atoms with Gasteiger partial charge in [-0.15, -0.1) is 11.3 Å². The molecule has 0 radical (unpaired) electrons. The predicted octanol–water partition coefficient (Wildman–Crippen LogP) is 2.84. The number of aromatic amines is 1. The Morgan fingerprint density at radius 3 is 2.69 bits per heavy atom. The van der Waals surface area contributed by atoms with Gasteiger partial charge in [0, 0.05) is 29.9 Å². The van der Waals surface area contributed by atoms with Crippen LogP contribution >= 0.6 is 11.3 Å². The minimum Gasteiger partial charge on any atom is -0.331 e. The zero-order valence-electron chi connectivity index (χ0n) is 15.1. The number of thiazole rings is 1. The van der Waals surface area contributed by atoms with Gasteiger partial charge in [0.25, 0.3) is 0 Å². The third-order valence-corrected chi connectivity index (χ3v) is 5.02. The van der Waals surface area contributed by atoms with E-state index in [1.807, 2.05) is 32.9 Å². The summed E-state index contributed by atoms with van der Waals surface area (Å²) < 4.78 is 0. The Bertz CT molecular complexity index is 890. The first-order valence-corrected chi connectivity index (χ1v) is 9.03. The predicted molar refractivity (Wildman–Crippen MR) is 99.6 cm³/mol.